The summed E-state index contributed by atoms with van der Waals surface area (Å²) >= 11 is 5.95. The number of rotatable bonds is 12. The molecule has 3 aromatic rings. The summed E-state index contributed by atoms with van der Waals surface area (Å²) in [4.78, 5) is 24.5. The maximum atomic E-state index is 14.4. The summed E-state index contributed by atoms with van der Waals surface area (Å²) in [6.07, 6.45) is 4.65. The number of esters is 2. The van der Waals surface area contributed by atoms with E-state index in [4.69, 9.17) is 25.8 Å². The van der Waals surface area contributed by atoms with E-state index >= 15 is 0 Å². The lowest BCUT2D eigenvalue weighted by atomic mass is 10.1. The first-order chi connectivity index (χ1) is 17.8. The van der Waals surface area contributed by atoms with Crippen molar-refractivity contribution >= 4 is 23.5 Å². The summed E-state index contributed by atoms with van der Waals surface area (Å²) in [7, 11) is 0. The van der Waals surface area contributed by atoms with E-state index < -0.39 is 23.1 Å². The molecule has 7 heteroatoms. The smallest absolute Gasteiger partial charge is 0.343 e. The van der Waals surface area contributed by atoms with E-state index in [0.717, 1.165) is 29.4 Å². The molecule has 0 spiro atoms. The van der Waals surface area contributed by atoms with Crippen molar-refractivity contribution < 1.29 is 28.2 Å². The first-order valence-corrected chi connectivity index (χ1v) is 12.9. The van der Waals surface area contributed by atoms with E-state index in [1.54, 1.807) is 26.0 Å². The molecule has 0 radical (unpaired) electrons. The lowest BCUT2D eigenvalue weighted by molar-refractivity contribution is -0.134. The molecule has 0 aliphatic carbocycles. The second kappa shape index (κ2) is 13.8. The van der Waals surface area contributed by atoms with Gasteiger partial charge in [0.2, 0.25) is 0 Å². The second-order valence-corrected chi connectivity index (χ2v) is 9.53. The normalized spacial score (nSPS) is 11.7. The Labute approximate surface area is 222 Å². The highest BCUT2D eigenvalue weighted by Crippen LogP contribution is 2.26. The van der Waals surface area contributed by atoms with Crippen molar-refractivity contribution in [1.82, 2.24) is 0 Å². The molecule has 5 nitrogen and oxygen atoms in total. The van der Waals surface area contributed by atoms with Crippen molar-refractivity contribution in [2.24, 2.45) is 5.92 Å². The van der Waals surface area contributed by atoms with E-state index in [-0.39, 0.29) is 17.2 Å². The molecule has 0 saturated carbocycles. The number of halogens is 2. The predicted octanol–water partition coefficient (Wildman–Crippen LogP) is 7.84. The quantitative estimate of drug-likeness (QED) is 0.104. The molecule has 3 aromatic carbocycles. The molecule has 0 heterocycles. The Kier molecular flexibility index (Phi) is 10.5. The standard InChI is InChI=1S/C30H32ClFO5/c1-4-5-6-7-18-35-24-13-8-21(9-14-24)22-10-15-25(16-11-22)36-29(33)23-12-17-27(26(32)19-23)37-30(34)28(31)20(2)3/h8-17,19-20,28H,4-7,18H2,1-3H3. The van der Waals surface area contributed by atoms with Gasteiger partial charge in [0.1, 0.15) is 16.9 Å². The van der Waals surface area contributed by atoms with Crippen LogP contribution in [-0.2, 0) is 4.79 Å². The number of hydrogen-bond donors (Lipinski definition) is 0. The summed E-state index contributed by atoms with van der Waals surface area (Å²) in [5, 5.41) is -0.904. The molecule has 37 heavy (non-hydrogen) atoms. The SMILES string of the molecule is CCCCCCOc1ccc(-c2ccc(OC(=O)c3ccc(OC(=O)C(Cl)C(C)C)c(F)c3)cc2)cc1. The van der Waals surface area contributed by atoms with E-state index in [0.29, 0.717) is 12.4 Å². The summed E-state index contributed by atoms with van der Waals surface area (Å²) in [5.74, 6) is -1.67. The van der Waals surface area contributed by atoms with Gasteiger partial charge in [-0.3, -0.25) is 4.79 Å². The van der Waals surface area contributed by atoms with Gasteiger partial charge in [-0.15, -0.1) is 11.6 Å². The molecule has 3 rings (SSSR count). The third kappa shape index (κ3) is 8.32. The minimum absolute atomic E-state index is 0.0158. The predicted molar refractivity (Wildman–Crippen MR) is 143 cm³/mol. The molecule has 0 amide bonds. The number of benzene rings is 3. The Morgan fingerprint density at radius 2 is 1.46 bits per heavy atom. The van der Waals surface area contributed by atoms with E-state index in [2.05, 4.69) is 6.92 Å². The van der Waals surface area contributed by atoms with Crippen molar-refractivity contribution in [3.8, 4) is 28.4 Å². The molecule has 196 valence electrons. The fourth-order valence-electron chi connectivity index (χ4n) is 3.49. The van der Waals surface area contributed by atoms with E-state index in [9.17, 15) is 14.0 Å². The fourth-order valence-corrected chi connectivity index (χ4v) is 3.54. The number of unbranched alkanes of at least 4 members (excludes halogenated alkanes) is 3. The van der Waals surface area contributed by atoms with Crippen LogP contribution < -0.4 is 14.2 Å². The number of alkyl halides is 1. The Balaban J connectivity index is 1.56. The Bertz CT molecular complexity index is 1180. The summed E-state index contributed by atoms with van der Waals surface area (Å²) in [5.41, 5.74) is 1.93. The van der Waals surface area contributed by atoms with Gasteiger partial charge in [-0.25, -0.2) is 9.18 Å². The number of carbonyl (C=O) groups excluding carboxylic acids is 2. The molecule has 1 unspecified atom stereocenters. The largest absolute Gasteiger partial charge is 0.494 e. The van der Waals surface area contributed by atoms with Crippen molar-refractivity contribution in [2.75, 3.05) is 6.61 Å². The third-order valence-corrected chi connectivity index (χ3v) is 6.39. The summed E-state index contributed by atoms with van der Waals surface area (Å²) in [6, 6.07) is 18.3. The van der Waals surface area contributed by atoms with Gasteiger partial charge in [0.25, 0.3) is 0 Å². The molecule has 1 atom stereocenters. The van der Waals surface area contributed by atoms with Crippen LogP contribution in [0.5, 0.6) is 17.2 Å². The van der Waals surface area contributed by atoms with Crippen LogP contribution in [-0.4, -0.2) is 23.9 Å². The Morgan fingerprint density at radius 1 is 0.838 bits per heavy atom. The fraction of sp³-hybridized carbons (Fsp3) is 0.333. The first kappa shape index (κ1) is 28.2. The van der Waals surface area contributed by atoms with Gasteiger partial charge in [0, 0.05) is 0 Å². The van der Waals surface area contributed by atoms with E-state index in [1.165, 1.54) is 31.4 Å². The molecule has 0 aliphatic heterocycles. The van der Waals surface area contributed by atoms with Gasteiger partial charge >= 0.3 is 11.9 Å². The molecule has 0 aromatic heterocycles. The Hall–Kier alpha value is -3.38. The van der Waals surface area contributed by atoms with Crippen molar-refractivity contribution in [1.29, 1.82) is 0 Å². The molecule has 0 aliphatic rings. The van der Waals surface area contributed by atoms with Crippen LogP contribution in [0.3, 0.4) is 0 Å². The highest BCUT2D eigenvalue weighted by Gasteiger charge is 2.23. The highest BCUT2D eigenvalue weighted by molar-refractivity contribution is 6.30. The van der Waals surface area contributed by atoms with Crippen molar-refractivity contribution in [3.05, 3.63) is 78.1 Å². The number of carbonyl (C=O) groups is 2. The van der Waals surface area contributed by atoms with Crippen LogP contribution in [0.4, 0.5) is 4.39 Å². The van der Waals surface area contributed by atoms with Crippen LogP contribution in [0.25, 0.3) is 11.1 Å². The van der Waals surface area contributed by atoms with Crippen LogP contribution in [0, 0.1) is 11.7 Å². The maximum absolute atomic E-state index is 14.4. The van der Waals surface area contributed by atoms with Gasteiger partial charge < -0.3 is 14.2 Å². The third-order valence-electron chi connectivity index (χ3n) is 5.71. The van der Waals surface area contributed by atoms with Crippen molar-refractivity contribution in [3.63, 3.8) is 0 Å². The minimum atomic E-state index is -0.904. The molecule has 0 bridgehead atoms. The topological polar surface area (TPSA) is 61.8 Å². The average molecular weight is 527 g/mol. The lowest BCUT2D eigenvalue weighted by Gasteiger charge is -2.13. The molecular formula is C30H32ClFO5. The van der Waals surface area contributed by atoms with Gasteiger partial charge in [0.15, 0.2) is 11.6 Å². The average Bonchev–Trinajstić information content (AvgIpc) is 2.90. The second-order valence-electron chi connectivity index (χ2n) is 9.06. The summed E-state index contributed by atoms with van der Waals surface area (Å²) in [6.45, 7) is 6.40. The van der Waals surface area contributed by atoms with Crippen LogP contribution >= 0.6 is 11.6 Å². The zero-order valence-electron chi connectivity index (χ0n) is 21.3. The molecule has 0 saturated heterocycles. The van der Waals surface area contributed by atoms with Gasteiger partial charge in [0.05, 0.1) is 12.2 Å². The van der Waals surface area contributed by atoms with Crippen LogP contribution in [0.15, 0.2) is 66.7 Å². The molecular weight excluding hydrogens is 495 g/mol. The van der Waals surface area contributed by atoms with Gasteiger partial charge in [-0.1, -0.05) is 64.3 Å². The van der Waals surface area contributed by atoms with Gasteiger partial charge in [-0.05, 0) is 65.9 Å². The van der Waals surface area contributed by atoms with Gasteiger partial charge in [-0.2, -0.15) is 0 Å². The highest BCUT2D eigenvalue weighted by atomic mass is 35.5. The maximum Gasteiger partial charge on any atom is 0.343 e. The number of hydrogen-bond acceptors (Lipinski definition) is 5. The summed E-state index contributed by atoms with van der Waals surface area (Å²) < 4.78 is 30.6. The lowest BCUT2D eigenvalue weighted by Crippen LogP contribution is -2.25. The zero-order chi connectivity index (χ0) is 26.8. The van der Waals surface area contributed by atoms with Crippen LogP contribution in [0.1, 0.15) is 56.8 Å². The molecule has 0 N–H and O–H groups in total. The monoisotopic (exact) mass is 526 g/mol. The van der Waals surface area contributed by atoms with E-state index in [1.807, 2.05) is 36.4 Å². The minimum Gasteiger partial charge on any atom is -0.494 e. The zero-order valence-corrected chi connectivity index (χ0v) is 22.1. The molecule has 0 fully saturated rings. The first-order valence-electron chi connectivity index (χ1n) is 12.5. The van der Waals surface area contributed by atoms with Crippen LogP contribution in [0.2, 0.25) is 0 Å². The number of ether oxygens (including phenoxy) is 3. The Morgan fingerprint density at radius 3 is 2.03 bits per heavy atom. The van der Waals surface area contributed by atoms with Crippen molar-refractivity contribution in [2.45, 2.75) is 51.8 Å².